The minimum atomic E-state index is -4.14. The van der Waals surface area contributed by atoms with E-state index in [-0.39, 0.29) is 4.90 Å². The van der Waals surface area contributed by atoms with Crippen molar-refractivity contribution in [2.24, 2.45) is 0 Å². The van der Waals surface area contributed by atoms with E-state index in [1.54, 1.807) is 17.4 Å². The lowest BCUT2D eigenvalue weighted by Crippen LogP contribution is -2.04. The molecule has 0 saturated heterocycles. The van der Waals surface area contributed by atoms with Crippen LogP contribution in [0.1, 0.15) is 16.0 Å². The third-order valence-electron chi connectivity index (χ3n) is 2.71. The van der Waals surface area contributed by atoms with Crippen LogP contribution >= 0.6 is 11.3 Å². The predicted octanol–water partition coefficient (Wildman–Crippen LogP) is 3.09. The third kappa shape index (κ3) is 3.19. The second-order valence-corrected chi connectivity index (χ2v) is 6.59. The van der Waals surface area contributed by atoms with Crippen molar-refractivity contribution in [3.8, 4) is 0 Å². The first-order chi connectivity index (χ1) is 8.47. The smallest absolute Gasteiger partial charge is 0.282 e. The molecule has 0 aliphatic heterocycles. The average Bonchev–Trinajstić information content (AvgIpc) is 2.77. The van der Waals surface area contributed by atoms with Gasteiger partial charge in [-0.25, -0.2) is 0 Å². The number of benzene rings is 1. The largest absolute Gasteiger partial charge is 0.294 e. The molecule has 18 heavy (non-hydrogen) atoms. The summed E-state index contributed by atoms with van der Waals surface area (Å²) in [7, 11) is -4.14. The standard InChI is InChI=1S/C13H14O3S2/c1-10-4-7-13(18(14,15)16)11(9-10)5-6-12-3-2-8-17-12/h2-4,7-9H,5-6H2,1H3,(H,14,15,16). The minimum absolute atomic E-state index is 0.0182. The molecule has 0 spiro atoms. The molecule has 1 aromatic heterocycles. The van der Waals surface area contributed by atoms with Gasteiger partial charge in [-0.05, 0) is 42.8 Å². The summed E-state index contributed by atoms with van der Waals surface area (Å²) in [5.41, 5.74) is 1.66. The minimum Gasteiger partial charge on any atom is -0.282 e. The molecular weight excluding hydrogens is 268 g/mol. The molecule has 2 aromatic rings. The molecule has 0 fully saturated rings. The van der Waals surface area contributed by atoms with E-state index in [0.717, 1.165) is 12.0 Å². The van der Waals surface area contributed by atoms with Gasteiger partial charge in [0.25, 0.3) is 10.1 Å². The molecular formula is C13H14O3S2. The van der Waals surface area contributed by atoms with Crippen molar-refractivity contribution in [1.29, 1.82) is 0 Å². The molecule has 0 bridgehead atoms. The van der Waals surface area contributed by atoms with Crippen LogP contribution < -0.4 is 0 Å². The van der Waals surface area contributed by atoms with Crippen LogP contribution in [-0.4, -0.2) is 13.0 Å². The fourth-order valence-electron chi connectivity index (χ4n) is 1.87. The van der Waals surface area contributed by atoms with Crippen molar-refractivity contribution in [1.82, 2.24) is 0 Å². The molecule has 1 aromatic carbocycles. The Balaban J connectivity index is 2.28. The molecule has 5 heteroatoms. The van der Waals surface area contributed by atoms with E-state index in [1.807, 2.05) is 30.5 Å². The summed E-state index contributed by atoms with van der Waals surface area (Å²) < 4.78 is 31.8. The molecule has 96 valence electrons. The lowest BCUT2D eigenvalue weighted by atomic mass is 10.1. The molecule has 0 amide bonds. The second kappa shape index (κ2) is 5.22. The third-order valence-corrected chi connectivity index (χ3v) is 4.60. The molecule has 3 nitrogen and oxygen atoms in total. The molecule has 0 saturated carbocycles. The quantitative estimate of drug-likeness (QED) is 0.877. The van der Waals surface area contributed by atoms with Crippen LogP contribution in [0.4, 0.5) is 0 Å². The van der Waals surface area contributed by atoms with Crippen LogP contribution in [0.5, 0.6) is 0 Å². The topological polar surface area (TPSA) is 54.4 Å². The van der Waals surface area contributed by atoms with Crippen LogP contribution in [0, 0.1) is 6.92 Å². The van der Waals surface area contributed by atoms with Gasteiger partial charge in [-0.2, -0.15) is 8.42 Å². The Morgan fingerprint density at radius 1 is 1.22 bits per heavy atom. The van der Waals surface area contributed by atoms with E-state index >= 15 is 0 Å². The summed E-state index contributed by atoms with van der Waals surface area (Å²) >= 11 is 1.65. The molecule has 1 heterocycles. The first-order valence-corrected chi connectivity index (χ1v) is 7.88. The lowest BCUT2D eigenvalue weighted by Gasteiger charge is -2.07. The van der Waals surface area contributed by atoms with E-state index < -0.39 is 10.1 Å². The SMILES string of the molecule is Cc1ccc(S(=O)(=O)O)c(CCc2cccs2)c1. The fraction of sp³-hybridized carbons (Fsp3) is 0.231. The highest BCUT2D eigenvalue weighted by atomic mass is 32.2. The van der Waals surface area contributed by atoms with Crippen molar-refractivity contribution in [2.45, 2.75) is 24.7 Å². The number of hydrogen-bond donors (Lipinski definition) is 1. The summed E-state index contributed by atoms with van der Waals surface area (Å²) in [6.07, 6.45) is 1.39. The van der Waals surface area contributed by atoms with Crippen molar-refractivity contribution in [2.75, 3.05) is 0 Å². The van der Waals surface area contributed by atoms with E-state index in [2.05, 4.69) is 0 Å². The maximum Gasteiger partial charge on any atom is 0.294 e. The van der Waals surface area contributed by atoms with Gasteiger partial charge in [0.15, 0.2) is 0 Å². The zero-order chi connectivity index (χ0) is 13.2. The summed E-state index contributed by atoms with van der Waals surface area (Å²) in [4.78, 5) is 1.22. The fourth-order valence-corrected chi connectivity index (χ4v) is 3.31. The number of aryl methyl sites for hydroxylation is 3. The maximum atomic E-state index is 11.3. The first kappa shape index (κ1) is 13.3. The zero-order valence-electron chi connectivity index (χ0n) is 9.96. The second-order valence-electron chi connectivity index (χ2n) is 4.17. The van der Waals surface area contributed by atoms with E-state index in [0.29, 0.717) is 12.0 Å². The molecule has 0 aliphatic carbocycles. The lowest BCUT2D eigenvalue weighted by molar-refractivity contribution is 0.482. The van der Waals surface area contributed by atoms with Gasteiger partial charge in [0.2, 0.25) is 0 Å². The van der Waals surface area contributed by atoms with E-state index in [4.69, 9.17) is 0 Å². The average molecular weight is 282 g/mol. The van der Waals surface area contributed by atoms with E-state index in [9.17, 15) is 13.0 Å². The Bertz CT molecular complexity index is 628. The van der Waals surface area contributed by atoms with Crippen molar-refractivity contribution >= 4 is 21.5 Å². The van der Waals surface area contributed by atoms with Gasteiger partial charge in [0, 0.05) is 4.88 Å². The number of thiophene rings is 1. The predicted molar refractivity (Wildman–Crippen MR) is 72.7 cm³/mol. The van der Waals surface area contributed by atoms with Crippen LogP contribution in [0.25, 0.3) is 0 Å². The number of hydrogen-bond acceptors (Lipinski definition) is 3. The van der Waals surface area contributed by atoms with Gasteiger partial charge in [0.05, 0.1) is 4.90 Å². The van der Waals surface area contributed by atoms with Crippen LogP contribution in [0.3, 0.4) is 0 Å². The molecule has 0 atom stereocenters. The van der Waals surface area contributed by atoms with Gasteiger partial charge in [-0.15, -0.1) is 11.3 Å². The maximum absolute atomic E-state index is 11.3. The van der Waals surface area contributed by atoms with Gasteiger partial charge >= 0.3 is 0 Å². The number of rotatable bonds is 4. The molecule has 2 rings (SSSR count). The molecule has 0 aliphatic rings. The highest BCUT2D eigenvalue weighted by molar-refractivity contribution is 7.85. The molecule has 0 unspecified atom stereocenters. The monoisotopic (exact) mass is 282 g/mol. The highest BCUT2D eigenvalue weighted by Gasteiger charge is 2.15. The summed E-state index contributed by atoms with van der Waals surface area (Å²) in [6, 6.07) is 8.97. The van der Waals surface area contributed by atoms with Crippen LogP contribution in [0.2, 0.25) is 0 Å². The highest BCUT2D eigenvalue weighted by Crippen LogP contribution is 2.20. The summed E-state index contributed by atoms with van der Waals surface area (Å²) in [5.74, 6) is 0. The van der Waals surface area contributed by atoms with Gasteiger partial charge in [0.1, 0.15) is 0 Å². The van der Waals surface area contributed by atoms with Crippen molar-refractivity contribution in [3.05, 3.63) is 51.7 Å². The Labute approximate surface area is 111 Å². The summed E-state index contributed by atoms with van der Waals surface area (Å²) in [6.45, 7) is 1.91. The summed E-state index contributed by atoms with van der Waals surface area (Å²) in [5, 5.41) is 2.00. The molecule has 0 radical (unpaired) electrons. The molecule has 1 N–H and O–H groups in total. The van der Waals surface area contributed by atoms with Crippen molar-refractivity contribution in [3.63, 3.8) is 0 Å². The normalized spacial score (nSPS) is 11.7. The zero-order valence-corrected chi connectivity index (χ0v) is 11.6. The van der Waals surface area contributed by atoms with Gasteiger partial charge in [-0.1, -0.05) is 23.8 Å². The Morgan fingerprint density at radius 2 is 2.00 bits per heavy atom. The van der Waals surface area contributed by atoms with Crippen molar-refractivity contribution < 1.29 is 13.0 Å². The van der Waals surface area contributed by atoms with Gasteiger partial charge in [-0.3, -0.25) is 4.55 Å². The van der Waals surface area contributed by atoms with Crippen LogP contribution in [0.15, 0.2) is 40.6 Å². The Morgan fingerprint density at radius 3 is 2.61 bits per heavy atom. The Kier molecular flexibility index (Phi) is 3.85. The first-order valence-electron chi connectivity index (χ1n) is 5.56. The van der Waals surface area contributed by atoms with Gasteiger partial charge < -0.3 is 0 Å². The van der Waals surface area contributed by atoms with E-state index in [1.165, 1.54) is 10.9 Å². The van der Waals surface area contributed by atoms with Crippen LogP contribution in [-0.2, 0) is 23.0 Å². The Hall–Kier alpha value is -1.17.